The predicted octanol–water partition coefficient (Wildman–Crippen LogP) is 2.78. The van der Waals surface area contributed by atoms with Crippen molar-refractivity contribution in [1.29, 1.82) is 5.41 Å². The minimum absolute atomic E-state index is 0.157. The van der Waals surface area contributed by atoms with Gasteiger partial charge in [0.05, 0.1) is 27.1 Å². The summed E-state index contributed by atoms with van der Waals surface area (Å²) in [7, 11) is 1.90. The van der Waals surface area contributed by atoms with E-state index in [-0.39, 0.29) is 5.91 Å². The zero-order chi connectivity index (χ0) is 19.4. The van der Waals surface area contributed by atoms with Crippen molar-refractivity contribution in [1.82, 2.24) is 21.2 Å². The highest BCUT2D eigenvalue weighted by molar-refractivity contribution is 7.17. The standard InChI is InChI=1S/C18H21ClN6OS/c1-3-24(2)17(20)12-4-6-14(7-5-12)25-11-13(22-23-25)10-21-18(26)15-8-9-16(19)27-15/h4-9,11,20,22-23H,3,10H2,1-2H3,(H,21,26). The smallest absolute Gasteiger partial charge is 0.261 e. The number of anilines is 1. The quantitative estimate of drug-likeness (QED) is 0.439. The summed E-state index contributed by atoms with van der Waals surface area (Å²) >= 11 is 7.11. The van der Waals surface area contributed by atoms with Crippen molar-refractivity contribution in [3.63, 3.8) is 0 Å². The number of benzene rings is 1. The van der Waals surface area contributed by atoms with Crippen LogP contribution in [0.5, 0.6) is 0 Å². The Balaban J connectivity index is 1.58. The van der Waals surface area contributed by atoms with Crippen molar-refractivity contribution in [2.45, 2.75) is 6.92 Å². The summed E-state index contributed by atoms with van der Waals surface area (Å²) in [4.78, 5) is 14.5. The predicted molar refractivity (Wildman–Crippen MR) is 110 cm³/mol. The molecule has 27 heavy (non-hydrogen) atoms. The number of nitrogens with one attached hydrogen (secondary N) is 4. The molecule has 0 saturated carbocycles. The first-order valence-corrected chi connectivity index (χ1v) is 9.62. The average molecular weight is 405 g/mol. The molecule has 0 fully saturated rings. The number of carbonyl (C=O) groups excluding carboxylic acids is 1. The summed E-state index contributed by atoms with van der Waals surface area (Å²) in [6.07, 6.45) is 1.88. The fraction of sp³-hybridized carbons (Fsp3) is 0.222. The van der Waals surface area contributed by atoms with Crippen molar-refractivity contribution in [2.24, 2.45) is 0 Å². The molecule has 0 aliphatic carbocycles. The molecule has 0 atom stereocenters. The minimum Gasteiger partial charge on any atom is -0.360 e. The molecule has 142 valence electrons. The molecule has 1 aliphatic rings. The number of rotatable bonds is 6. The molecule has 2 heterocycles. The van der Waals surface area contributed by atoms with E-state index in [1.807, 2.05) is 54.3 Å². The first kappa shape index (κ1) is 19.2. The van der Waals surface area contributed by atoms with Gasteiger partial charge in [-0.3, -0.25) is 15.2 Å². The maximum Gasteiger partial charge on any atom is 0.261 e. The van der Waals surface area contributed by atoms with Gasteiger partial charge in [0, 0.05) is 25.4 Å². The number of hydrogen-bond acceptors (Lipinski definition) is 6. The van der Waals surface area contributed by atoms with E-state index >= 15 is 0 Å². The summed E-state index contributed by atoms with van der Waals surface area (Å²) < 4.78 is 0.591. The molecule has 9 heteroatoms. The van der Waals surface area contributed by atoms with Crippen molar-refractivity contribution >= 4 is 40.4 Å². The van der Waals surface area contributed by atoms with Crippen LogP contribution in [0.4, 0.5) is 5.69 Å². The van der Waals surface area contributed by atoms with Gasteiger partial charge in [-0.1, -0.05) is 11.6 Å². The fourth-order valence-electron chi connectivity index (χ4n) is 2.44. The second-order valence-corrected chi connectivity index (χ2v) is 7.67. The SMILES string of the molecule is CCN(C)C(=N)c1ccc(N2C=C(CNC(=O)c3ccc(Cl)s3)NN2)cc1. The molecule has 0 radical (unpaired) electrons. The number of amides is 1. The lowest BCUT2D eigenvalue weighted by molar-refractivity contribution is 0.0960. The summed E-state index contributed by atoms with van der Waals surface area (Å²) in [5, 5.41) is 12.8. The fourth-order valence-corrected chi connectivity index (χ4v) is 3.40. The summed E-state index contributed by atoms with van der Waals surface area (Å²) in [6, 6.07) is 11.1. The van der Waals surface area contributed by atoms with E-state index in [1.165, 1.54) is 11.3 Å². The van der Waals surface area contributed by atoms with E-state index < -0.39 is 0 Å². The Bertz CT molecular complexity index is 863. The molecule has 1 aromatic heterocycles. The van der Waals surface area contributed by atoms with Crippen molar-refractivity contribution < 1.29 is 4.79 Å². The Hall–Kier alpha value is -2.55. The summed E-state index contributed by atoms with van der Waals surface area (Å²) in [5.41, 5.74) is 8.67. The average Bonchev–Trinajstić information content (AvgIpc) is 3.34. The molecule has 7 nitrogen and oxygen atoms in total. The highest BCUT2D eigenvalue weighted by Crippen LogP contribution is 2.21. The van der Waals surface area contributed by atoms with E-state index in [2.05, 4.69) is 16.3 Å². The topological polar surface area (TPSA) is 83.5 Å². The Labute approximate surface area is 167 Å². The van der Waals surface area contributed by atoms with Crippen LogP contribution in [0.15, 0.2) is 48.3 Å². The Morgan fingerprint density at radius 3 is 2.67 bits per heavy atom. The second kappa shape index (κ2) is 8.43. The lowest BCUT2D eigenvalue weighted by Gasteiger charge is -2.19. The van der Waals surface area contributed by atoms with Crippen LogP contribution < -0.4 is 21.3 Å². The first-order valence-electron chi connectivity index (χ1n) is 8.43. The largest absolute Gasteiger partial charge is 0.360 e. The normalized spacial score (nSPS) is 13.1. The van der Waals surface area contributed by atoms with Crippen LogP contribution in [0.25, 0.3) is 0 Å². The number of thiophene rings is 1. The Kier molecular flexibility index (Phi) is 6.00. The van der Waals surface area contributed by atoms with Gasteiger partial charge in [0.25, 0.3) is 5.91 Å². The van der Waals surface area contributed by atoms with E-state index in [9.17, 15) is 4.79 Å². The molecule has 0 spiro atoms. The third-order valence-electron chi connectivity index (χ3n) is 4.13. The number of carbonyl (C=O) groups is 1. The second-order valence-electron chi connectivity index (χ2n) is 5.96. The molecule has 3 rings (SSSR count). The van der Waals surface area contributed by atoms with Crippen LogP contribution in [-0.4, -0.2) is 36.8 Å². The van der Waals surface area contributed by atoms with Gasteiger partial charge in [-0.2, -0.15) is 0 Å². The van der Waals surface area contributed by atoms with Gasteiger partial charge in [-0.25, -0.2) is 0 Å². The van der Waals surface area contributed by atoms with E-state index in [0.717, 1.165) is 23.5 Å². The van der Waals surface area contributed by atoms with Gasteiger partial charge in [0.2, 0.25) is 0 Å². The molecule has 0 saturated heterocycles. The molecule has 1 aliphatic heterocycles. The minimum atomic E-state index is -0.157. The number of amidine groups is 1. The van der Waals surface area contributed by atoms with Crippen LogP contribution in [0.3, 0.4) is 0 Å². The van der Waals surface area contributed by atoms with Crippen molar-refractivity contribution in [3.05, 3.63) is 63.1 Å². The Morgan fingerprint density at radius 1 is 1.30 bits per heavy atom. The molecular formula is C18H21ClN6OS. The van der Waals surface area contributed by atoms with Crippen LogP contribution in [0, 0.1) is 5.41 Å². The zero-order valence-corrected chi connectivity index (χ0v) is 16.6. The van der Waals surface area contributed by atoms with Gasteiger partial charge in [0.1, 0.15) is 5.84 Å². The number of halogens is 1. The van der Waals surface area contributed by atoms with Gasteiger partial charge >= 0.3 is 0 Å². The molecule has 1 amide bonds. The van der Waals surface area contributed by atoms with Crippen LogP contribution >= 0.6 is 22.9 Å². The third-order valence-corrected chi connectivity index (χ3v) is 5.36. The van der Waals surface area contributed by atoms with Gasteiger partial charge in [0.15, 0.2) is 0 Å². The van der Waals surface area contributed by atoms with Crippen molar-refractivity contribution in [2.75, 3.05) is 25.1 Å². The molecule has 2 aromatic rings. The van der Waals surface area contributed by atoms with Crippen molar-refractivity contribution in [3.8, 4) is 0 Å². The van der Waals surface area contributed by atoms with E-state index in [0.29, 0.717) is 21.6 Å². The lowest BCUT2D eigenvalue weighted by Crippen LogP contribution is -2.38. The number of nitrogens with zero attached hydrogens (tertiary/aromatic N) is 2. The summed E-state index contributed by atoms with van der Waals surface area (Å²) in [6.45, 7) is 3.16. The highest BCUT2D eigenvalue weighted by Gasteiger charge is 2.15. The monoisotopic (exact) mass is 404 g/mol. The number of hydrogen-bond donors (Lipinski definition) is 4. The van der Waals surface area contributed by atoms with E-state index in [4.69, 9.17) is 17.0 Å². The summed E-state index contributed by atoms with van der Waals surface area (Å²) in [5.74, 6) is 0.333. The highest BCUT2D eigenvalue weighted by atomic mass is 35.5. The maximum absolute atomic E-state index is 12.1. The molecule has 4 N–H and O–H groups in total. The molecule has 1 aromatic carbocycles. The number of hydrazine groups is 2. The molecule has 0 bridgehead atoms. The lowest BCUT2D eigenvalue weighted by atomic mass is 10.1. The van der Waals surface area contributed by atoms with Crippen LogP contribution in [0.1, 0.15) is 22.2 Å². The zero-order valence-electron chi connectivity index (χ0n) is 15.0. The maximum atomic E-state index is 12.1. The van der Waals surface area contributed by atoms with Crippen LogP contribution in [-0.2, 0) is 0 Å². The molecular weight excluding hydrogens is 384 g/mol. The van der Waals surface area contributed by atoms with E-state index in [1.54, 1.807) is 12.1 Å². The third kappa shape index (κ3) is 4.60. The van der Waals surface area contributed by atoms with Gasteiger partial charge in [-0.15, -0.1) is 16.9 Å². The van der Waals surface area contributed by atoms with Crippen LogP contribution in [0.2, 0.25) is 4.34 Å². The van der Waals surface area contributed by atoms with Gasteiger partial charge in [-0.05, 0) is 43.3 Å². The van der Waals surface area contributed by atoms with Gasteiger partial charge < -0.3 is 15.6 Å². The first-order chi connectivity index (χ1) is 13.0. The molecule has 0 unspecified atom stereocenters. The Morgan fingerprint density at radius 2 is 2.04 bits per heavy atom.